The van der Waals surface area contributed by atoms with E-state index < -0.39 is 0 Å². The maximum absolute atomic E-state index is 4.05. The molecule has 15 heavy (non-hydrogen) atoms. The predicted molar refractivity (Wildman–Crippen MR) is 70.5 cm³/mol. The second-order valence-corrected chi connectivity index (χ2v) is 11.4. The molecule has 9 atom stereocenters. The summed E-state index contributed by atoms with van der Waals surface area (Å²) in [4.78, 5) is 0.807. The van der Waals surface area contributed by atoms with Crippen LogP contribution in [0.3, 0.4) is 0 Å². The van der Waals surface area contributed by atoms with Gasteiger partial charge < -0.3 is 0 Å². The topological polar surface area (TPSA) is 0 Å². The van der Waals surface area contributed by atoms with Crippen LogP contribution in [0.2, 0.25) is 0 Å². The molecular formula is C12H13Br3. The zero-order valence-electron chi connectivity index (χ0n) is 8.46. The Balaban J connectivity index is 1.88. The van der Waals surface area contributed by atoms with E-state index in [9.17, 15) is 0 Å². The summed E-state index contributed by atoms with van der Waals surface area (Å²) in [6.45, 7) is 2.56. The molecule has 9 unspecified atom stereocenters. The molecule has 0 radical (unpaired) electrons. The van der Waals surface area contributed by atoms with Crippen molar-refractivity contribution in [2.75, 3.05) is 0 Å². The highest BCUT2D eigenvalue weighted by Crippen LogP contribution is 2.92. The van der Waals surface area contributed by atoms with Crippen molar-refractivity contribution >= 4 is 47.8 Å². The van der Waals surface area contributed by atoms with Gasteiger partial charge in [0.15, 0.2) is 0 Å². The molecule has 82 valence electrons. The Kier molecular flexibility index (Phi) is 1.36. The molecule has 0 aromatic rings. The fraction of sp³-hybridized carbons (Fsp3) is 1.00. The second-order valence-electron chi connectivity index (χ2n) is 6.69. The minimum Gasteiger partial charge on any atom is -0.0881 e. The van der Waals surface area contributed by atoms with E-state index in [0.29, 0.717) is 8.65 Å². The van der Waals surface area contributed by atoms with E-state index in [2.05, 4.69) is 54.7 Å². The van der Waals surface area contributed by atoms with E-state index in [1.807, 2.05) is 0 Å². The van der Waals surface area contributed by atoms with E-state index in [4.69, 9.17) is 0 Å². The fourth-order valence-electron chi connectivity index (χ4n) is 7.03. The second kappa shape index (κ2) is 2.18. The lowest BCUT2D eigenvalue weighted by Gasteiger charge is -2.40. The Labute approximate surface area is 115 Å². The summed E-state index contributed by atoms with van der Waals surface area (Å²) in [5, 5.41) is 0. The molecule has 0 saturated heterocycles. The highest BCUT2D eigenvalue weighted by Gasteiger charge is 2.90. The zero-order chi connectivity index (χ0) is 10.3. The van der Waals surface area contributed by atoms with Crippen LogP contribution in [0.15, 0.2) is 0 Å². The van der Waals surface area contributed by atoms with Gasteiger partial charge in [-0.2, -0.15) is 0 Å². The van der Waals surface area contributed by atoms with Crippen molar-refractivity contribution in [3.05, 3.63) is 0 Å². The van der Waals surface area contributed by atoms with Crippen LogP contribution in [-0.4, -0.2) is 8.06 Å². The van der Waals surface area contributed by atoms with Gasteiger partial charge in [-0.15, -0.1) is 0 Å². The molecule has 0 spiro atoms. The highest BCUT2D eigenvalue weighted by molar-refractivity contribution is 9.25. The van der Waals surface area contributed by atoms with Crippen molar-refractivity contribution < 1.29 is 0 Å². The maximum atomic E-state index is 4.05. The van der Waals surface area contributed by atoms with Gasteiger partial charge in [-0.05, 0) is 53.3 Å². The summed E-state index contributed by atoms with van der Waals surface area (Å²) in [6, 6.07) is 0. The molecule has 0 aromatic heterocycles. The summed E-state index contributed by atoms with van der Waals surface area (Å²) < 4.78 is 0.292. The first-order valence-corrected chi connectivity index (χ1v) is 8.52. The molecule has 6 fully saturated rings. The first-order chi connectivity index (χ1) is 7.00. The average Bonchev–Trinajstić information content (AvgIpc) is 2.81. The maximum Gasteiger partial charge on any atom is 0.0875 e. The van der Waals surface area contributed by atoms with Gasteiger partial charge in [0.25, 0.3) is 0 Å². The molecular weight excluding hydrogens is 384 g/mol. The monoisotopic (exact) mass is 394 g/mol. The van der Waals surface area contributed by atoms with Crippen LogP contribution in [0.1, 0.15) is 13.3 Å². The number of rotatable bonds is 0. The molecule has 6 bridgehead atoms. The molecule has 6 saturated carbocycles. The summed E-state index contributed by atoms with van der Waals surface area (Å²) in [6.07, 6.45) is 1.54. The standard InChI is InChI=1S/C12H13Br3/c1-11-7-4-2-3-5(6(4)10(11)13)9(11)12(14,15)8(3)7/h3-10H,2H2,1H3. The zero-order valence-corrected chi connectivity index (χ0v) is 13.2. The first kappa shape index (κ1) is 9.38. The quantitative estimate of drug-likeness (QED) is 0.543. The lowest BCUT2D eigenvalue weighted by Crippen LogP contribution is -2.37. The lowest BCUT2D eigenvalue weighted by atomic mass is 9.64. The van der Waals surface area contributed by atoms with Crippen molar-refractivity contribution in [3.63, 3.8) is 0 Å². The van der Waals surface area contributed by atoms with Crippen molar-refractivity contribution in [3.8, 4) is 0 Å². The molecule has 6 rings (SSSR count). The fourth-order valence-corrected chi connectivity index (χ4v) is 11.2. The van der Waals surface area contributed by atoms with Crippen LogP contribution in [0, 0.1) is 46.8 Å². The average molecular weight is 397 g/mol. The van der Waals surface area contributed by atoms with Gasteiger partial charge in [-0.1, -0.05) is 54.7 Å². The van der Waals surface area contributed by atoms with E-state index in [0.717, 1.165) is 46.3 Å². The van der Waals surface area contributed by atoms with Crippen LogP contribution >= 0.6 is 47.8 Å². The number of hydrogen-bond acceptors (Lipinski definition) is 0. The Morgan fingerprint density at radius 1 is 1.07 bits per heavy atom. The molecule has 0 aliphatic heterocycles. The van der Waals surface area contributed by atoms with Gasteiger partial charge in [-0.3, -0.25) is 0 Å². The lowest BCUT2D eigenvalue weighted by molar-refractivity contribution is 0.0700. The third-order valence-corrected chi connectivity index (χ3v) is 10.5. The summed E-state index contributed by atoms with van der Waals surface area (Å²) in [7, 11) is 0. The molecule has 0 nitrogen and oxygen atoms in total. The highest BCUT2D eigenvalue weighted by atomic mass is 79.9. The number of hydrogen-bond donors (Lipinski definition) is 0. The van der Waals surface area contributed by atoms with Gasteiger partial charge in [-0.25, -0.2) is 0 Å². The van der Waals surface area contributed by atoms with Crippen molar-refractivity contribution in [2.24, 2.45) is 46.8 Å². The predicted octanol–water partition coefficient (Wildman–Crippen LogP) is 4.01. The van der Waals surface area contributed by atoms with Gasteiger partial charge in [0.1, 0.15) is 0 Å². The molecule has 3 heteroatoms. The summed E-state index contributed by atoms with van der Waals surface area (Å²) in [5.74, 6) is 6.98. The largest absolute Gasteiger partial charge is 0.0881 e. The Bertz CT molecular complexity index is 390. The summed E-state index contributed by atoms with van der Waals surface area (Å²) in [5.41, 5.74) is 0.588. The van der Waals surface area contributed by atoms with Gasteiger partial charge in [0.2, 0.25) is 0 Å². The minimum atomic E-state index is 0.292. The summed E-state index contributed by atoms with van der Waals surface area (Å²) >= 11 is 12.2. The van der Waals surface area contributed by atoms with Crippen LogP contribution in [-0.2, 0) is 0 Å². The molecule has 6 aliphatic carbocycles. The van der Waals surface area contributed by atoms with E-state index >= 15 is 0 Å². The first-order valence-electron chi connectivity index (χ1n) is 6.02. The molecule has 0 amide bonds. The normalized spacial score (nSPS) is 79.2. The van der Waals surface area contributed by atoms with Crippen molar-refractivity contribution in [1.29, 1.82) is 0 Å². The SMILES string of the molecule is CC12C(Br)C3C4CC5C3C1C(Br)(Br)C5C42. The van der Waals surface area contributed by atoms with Crippen LogP contribution in [0.4, 0.5) is 0 Å². The van der Waals surface area contributed by atoms with E-state index in [1.165, 1.54) is 6.42 Å². The molecule has 6 aliphatic rings. The van der Waals surface area contributed by atoms with Crippen LogP contribution in [0.5, 0.6) is 0 Å². The van der Waals surface area contributed by atoms with E-state index in [-0.39, 0.29) is 0 Å². The third-order valence-electron chi connectivity index (χ3n) is 6.85. The Morgan fingerprint density at radius 2 is 1.73 bits per heavy atom. The molecule has 0 heterocycles. The molecule has 0 aromatic carbocycles. The smallest absolute Gasteiger partial charge is 0.0875 e. The van der Waals surface area contributed by atoms with Crippen molar-refractivity contribution in [2.45, 2.75) is 21.4 Å². The number of alkyl halides is 3. The van der Waals surface area contributed by atoms with Crippen LogP contribution in [0.25, 0.3) is 0 Å². The van der Waals surface area contributed by atoms with Gasteiger partial charge in [0, 0.05) is 4.83 Å². The Hall–Kier alpha value is 1.44. The Morgan fingerprint density at radius 3 is 2.40 bits per heavy atom. The van der Waals surface area contributed by atoms with Gasteiger partial charge >= 0.3 is 0 Å². The van der Waals surface area contributed by atoms with Gasteiger partial charge in [0.05, 0.1) is 3.23 Å². The van der Waals surface area contributed by atoms with Crippen molar-refractivity contribution in [1.82, 2.24) is 0 Å². The third kappa shape index (κ3) is 0.613. The van der Waals surface area contributed by atoms with E-state index in [1.54, 1.807) is 0 Å². The number of halogens is 3. The van der Waals surface area contributed by atoms with Crippen LogP contribution < -0.4 is 0 Å². The molecule has 0 N–H and O–H groups in total. The minimum absolute atomic E-state index is 0.292.